The van der Waals surface area contributed by atoms with Crippen LogP contribution in [0, 0.1) is 0 Å². The third-order valence-electron chi connectivity index (χ3n) is 5.16. The van der Waals surface area contributed by atoms with Gasteiger partial charge in [0.15, 0.2) is 5.82 Å². The second kappa shape index (κ2) is 7.35. The van der Waals surface area contributed by atoms with E-state index in [1.54, 1.807) is 24.5 Å². The van der Waals surface area contributed by atoms with Gasteiger partial charge in [0.05, 0.1) is 5.69 Å². The van der Waals surface area contributed by atoms with Crippen LogP contribution in [0.3, 0.4) is 0 Å². The minimum Gasteiger partial charge on any atom is -0.353 e. The van der Waals surface area contributed by atoms with Crippen molar-refractivity contribution in [3.05, 3.63) is 78.9 Å². The Balaban J connectivity index is 1.36. The zero-order valence-electron chi connectivity index (χ0n) is 15.8. The van der Waals surface area contributed by atoms with E-state index in [2.05, 4.69) is 26.3 Å². The molecule has 4 heterocycles. The van der Waals surface area contributed by atoms with Crippen LogP contribution in [0.25, 0.3) is 16.8 Å². The molecule has 0 spiro atoms. The van der Waals surface area contributed by atoms with Crippen molar-refractivity contribution in [3.8, 4) is 11.3 Å². The molecule has 5 rings (SSSR count). The van der Waals surface area contributed by atoms with Crippen molar-refractivity contribution >= 4 is 17.2 Å². The number of carbonyl (C=O) groups is 1. The van der Waals surface area contributed by atoms with Crippen LogP contribution in [0.5, 0.6) is 0 Å². The molecule has 4 aromatic rings. The maximum Gasteiger partial charge on any atom is 0.270 e. The summed E-state index contributed by atoms with van der Waals surface area (Å²) in [6.07, 6.45) is 6.12. The molecule has 144 valence electrons. The van der Waals surface area contributed by atoms with E-state index < -0.39 is 0 Å². The molecular weight excluding hydrogens is 364 g/mol. The highest BCUT2D eigenvalue weighted by molar-refractivity contribution is 5.92. The van der Waals surface area contributed by atoms with Gasteiger partial charge in [-0.3, -0.25) is 9.78 Å². The summed E-state index contributed by atoms with van der Waals surface area (Å²) < 4.78 is 1.87. The van der Waals surface area contributed by atoms with Gasteiger partial charge in [-0.15, -0.1) is 0 Å². The third kappa shape index (κ3) is 3.42. The van der Waals surface area contributed by atoms with Crippen LogP contribution in [-0.2, 0) is 0 Å². The quantitative estimate of drug-likeness (QED) is 0.586. The molecule has 7 heteroatoms. The zero-order valence-corrected chi connectivity index (χ0v) is 15.8. The Morgan fingerprint density at radius 3 is 2.72 bits per heavy atom. The molecule has 1 atom stereocenters. The summed E-state index contributed by atoms with van der Waals surface area (Å²) in [6, 6.07) is 17.6. The molecule has 1 N–H and O–H groups in total. The minimum atomic E-state index is -0.140. The number of carbonyl (C=O) groups excluding carboxylic acids is 1. The Morgan fingerprint density at radius 2 is 1.90 bits per heavy atom. The molecule has 0 unspecified atom stereocenters. The number of benzene rings is 1. The van der Waals surface area contributed by atoms with Gasteiger partial charge in [0.25, 0.3) is 5.91 Å². The Labute approximate surface area is 168 Å². The number of nitrogens with zero attached hydrogens (tertiary/aromatic N) is 5. The highest BCUT2D eigenvalue weighted by atomic mass is 16.1. The van der Waals surface area contributed by atoms with Gasteiger partial charge in [-0.1, -0.05) is 36.4 Å². The van der Waals surface area contributed by atoms with Gasteiger partial charge in [-0.05, 0) is 24.6 Å². The van der Waals surface area contributed by atoms with Crippen LogP contribution in [0.1, 0.15) is 16.9 Å². The molecule has 29 heavy (non-hydrogen) atoms. The molecule has 1 saturated heterocycles. The lowest BCUT2D eigenvalue weighted by molar-refractivity contribution is 0.0935. The molecular formula is C22H20N6O. The van der Waals surface area contributed by atoms with Crippen LogP contribution in [0.4, 0.5) is 5.82 Å². The molecule has 1 amide bonds. The molecule has 0 bridgehead atoms. The lowest BCUT2D eigenvalue weighted by Crippen LogP contribution is -2.37. The van der Waals surface area contributed by atoms with E-state index in [9.17, 15) is 4.79 Å². The standard InChI is InChI=1S/C22H20N6O/c29-22(18-8-4-5-10-23-18)25-17-9-12-27(15-17)21-20-14-19(16-6-2-1-3-7-16)26-28(20)13-11-24-21/h1-8,10-11,13-14,17H,9,12,15H2,(H,25,29)/t17-/m1/s1. The smallest absolute Gasteiger partial charge is 0.270 e. The summed E-state index contributed by atoms with van der Waals surface area (Å²) in [6.45, 7) is 1.53. The number of hydrogen-bond donors (Lipinski definition) is 1. The number of nitrogens with one attached hydrogen (secondary N) is 1. The van der Waals surface area contributed by atoms with Gasteiger partial charge in [0.2, 0.25) is 0 Å². The van der Waals surface area contributed by atoms with Crippen molar-refractivity contribution in [2.45, 2.75) is 12.5 Å². The largest absolute Gasteiger partial charge is 0.353 e. The van der Waals surface area contributed by atoms with E-state index in [0.29, 0.717) is 12.2 Å². The molecule has 7 nitrogen and oxygen atoms in total. The Hall–Kier alpha value is -3.74. The van der Waals surface area contributed by atoms with E-state index in [1.807, 2.05) is 47.1 Å². The van der Waals surface area contributed by atoms with Crippen molar-refractivity contribution in [2.75, 3.05) is 18.0 Å². The molecule has 3 aromatic heterocycles. The van der Waals surface area contributed by atoms with Crippen LogP contribution in [-0.4, -0.2) is 44.6 Å². The SMILES string of the molecule is O=C(N[C@@H]1CCN(c2nccn3nc(-c4ccccc4)cc23)C1)c1ccccn1. The fraction of sp³-hybridized carbons (Fsp3) is 0.182. The predicted octanol–water partition coefficient (Wildman–Crippen LogP) is 2.80. The normalized spacial score (nSPS) is 16.3. The van der Waals surface area contributed by atoms with Gasteiger partial charge < -0.3 is 10.2 Å². The fourth-order valence-electron chi connectivity index (χ4n) is 3.73. The van der Waals surface area contributed by atoms with Gasteiger partial charge in [-0.2, -0.15) is 5.10 Å². The molecule has 1 aliphatic rings. The topological polar surface area (TPSA) is 75.4 Å². The zero-order chi connectivity index (χ0) is 19.6. The summed E-state index contributed by atoms with van der Waals surface area (Å²) >= 11 is 0. The number of anilines is 1. The van der Waals surface area contributed by atoms with Crippen molar-refractivity contribution in [1.82, 2.24) is 24.9 Å². The van der Waals surface area contributed by atoms with Crippen LogP contribution in [0.2, 0.25) is 0 Å². The van der Waals surface area contributed by atoms with Crippen molar-refractivity contribution in [2.24, 2.45) is 0 Å². The Bertz CT molecular complexity index is 1140. The van der Waals surface area contributed by atoms with Crippen LogP contribution in [0.15, 0.2) is 73.2 Å². The second-order valence-electron chi connectivity index (χ2n) is 7.10. The average molecular weight is 384 g/mol. The highest BCUT2D eigenvalue weighted by Gasteiger charge is 2.27. The van der Waals surface area contributed by atoms with Gasteiger partial charge in [0.1, 0.15) is 11.2 Å². The first-order chi connectivity index (χ1) is 14.3. The van der Waals surface area contributed by atoms with Crippen molar-refractivity contribution in [3.63, 3.8) is 0 Å². The highest BCUT2D eigenvalue weighted by Crippen LogP contribution is 2.27. The molecule has 0 aliphatic carbocycles. The Kier molecular flexibility index (Phi) is 4.40. The van der Waals surface area contributed by atoms with Gasteiger partial charge >= 0.3 is 0 Å². The van der Waals surface area contributed by atoms with E-state index in [0.717, 1.165) is 35.6 Å². The first-order valence-corrected chi connectivity index (χ1v) is 9.64. The number of aromatic nitrogens is 4. The first kappa shape index (κ1) is 17.4. The molecule has 1 aliphatic heterocycles. The van der Waals surface area contributed by atoms with Crippen molar-refractivity contribution in [1.29, 1.82) is 0 Å². The van der Waals surface area contributed by atoms with Gasteiger partial charge in [0, 0.05) is 43.3 Å². The van der Waals surface area contributed by atoms with E-state index in [1.165, 1.54) is 0 Å². The Morgan fingerprint density at radius 1 is 1.03 bits per heavy atom. The lowest BCUT2D eigenvalue weighted by Gasteiger charge is -2.18. The number of hydrogen-bond acceptors (Lipinski definition) is 5. The minimum absolute atomic E-state index is 0.0584. The first-order valence-electron chi connectivity index (χ1n) is 9.64. The predicted molar refractivity (Wildman–Crippen MR) is 111 cm³/mol. The molecule has 1 aromatic carbocycles. The molecule has 0 radical (unpaired) electrons. The van der Waals surface area contributed by atoms with E-state index in [-0.39, 0.29) is 11.9 Å². The monoisotopic (exact) mass is 384 g/mol. The maximum atomic E-state index is 12.4. The van der Waals surface area contributed by atoms with Crippen LogP contribution < -0.4 is 10.2 Å². The second-order valence-corrected chi connectivity index (χ2v) is 7.10. The molecule has 1 fully saturated rings. The molecule has 0 saturated carbocycles. The van der Waals surface area contributed by atoms with Crippen LogP contribution >= 0.6 is 0 Å². The van der Waals surface area contributed by atoms with E-state index >= 15 is 0 Å². The lowest BCUT2D eigenvalue weighted by atomic mass is 10.1. The average Bonchev–Trinajstić information content (AvgIpc) is 3.42. The summed E-state index contributed by atoms with van der Waals surface area (Å²) in [5, 5.41) is 7.77. The third-order valence-corrected chi connectivity index (χ3v) is 5.16. The maximum absolute atomic E-state index is 12.4. The fourth-order valence-corrected chi connectivity index (χ4v) is 3.73. The summed E-state index contributed by atoms with van der Waals surface area (Å²) in [4.78, 5) is 23.3. The summed E-state index contributed by atoms with van der Waals surface area (Å²) in [7, 11) is 0. The number of amides is 1. The number of fused-ring (bicyclic) bond motifs is 1. The van der Waals surface area contributed by atoms with Crippen molar-refractivity contribution < 1.29 is 4.79 Å². The van der Waals surface area contributed by atoms with E-state index in [4.69, 9.17) is 5.10 Å². The number of rotatable bonds is 4. The van der Waals surface area contributed by atoms with Gasteiger partial charge in [-0.25, -0.2) is 9.50 Å². The summed E-state index contributed by atoms with van der Waals surface area (Å²) in [5.41, 5.74) is 3.39. The number of pyridine rings is 1. The summed E-state index contributed by atoms with van der Waals surface area (Å²) in [5.74, 6) is 0.746.